The quantitative estimate of drug-likeness (QED) is 0.0379. The van der Waals surface area contributed by atoms with Crippen molar-refractivity contribution in [3.8, 4) is 0 Å². The van der Waals surface area contributed by atoms with Gasteiger partial charge in [0.05, 0.1) is 19.3 Å². The van der Waals surface area contributed by atoms with Crippen LogP contribution in [0, 0.1) is 5.41 Å². The Bertz CT molecular complexity index is 1430. The fourth-order valence-electron chi connectivity index (χ4n) is 3.49. The molecule has 2 amide bonds. The number of amides is 2. The van der Waals surface area contributed by atoms with Crippen LogP contribution in [0.4, 0.5) is 5.13 Å². The van der Waals surface area contributed by atoms with E-state index in [-0.39, 0.29) is 39.9 Å². The number of hydrogen-bond donors (Lipinski definition) is 7. The number of nitrogen functional groups attached to an aromatic ring is 1. The van der Waals surface area contributed by atoms with E-state index >= 15 is 0 Å². The van der Waals surface area contributed by atoms with Crippen molar-refractivity contribution in [3.63, 3.8) is 0 Å². The Kier molecular flexibility index (Phi) is 6.95. The summed E-state index contributed by atoms with van der Waals surface area (Å²) < 4.78 is 33.4. The van der Waals surface area contributed by atoms with Crippen molar-refractivity contribution in [1.82, 2.24) is 34.9 Å². The number of carbonyl (C=O) groups excluding carboxylic acids is 2. The van der Waals surface area contributed by atoms with Crippen LogP contribution in [0.25, 0.3) is 0 Å². The number of aliphatic hydroxyl groups is 1. The molecule has 38 heavy (non-hydrogen) atoms. The Morgan fingerprint density at radius 3 is 2.71 bits per heavy atom. The third-order valence-electron chi connectivity index (χ3n) is 5.62. The summed E-state index contributed by atoms with van der Waals surface area (Å²) in [5.41, 5.74) is 9.71. The molecule has 18 nitrogen and oxygen atoms in total. The topological polar surface area (TPSA) is 277 Å². The van der Waals surface area contributed by atoms with Gasteiger partial charge < -0.3 is 32.0 Å². The minimum absolute atomic E-state index is 0.00988. The van der Waals surface area contributed by atoms with Crippen LogP contribution < -0.4 is 22.1 Å². The van der Waals surface area contributed by atoms with E-state index in [4.69, 9.17) is 21.7 Å². The smallest absolute Gasteiger partial charge is 0.362 e. The number of nitrogens with two attached hydrogens (primary N) is 2. The molecule has 0 spiro atoms. The maximum atomic E-state index is 13.2. The van der Waals surface area contributed by atoms with Gasteiger partial charge in [0.15, 0.2) is 22.4 Å². The van der Waals surface area contributed by atoms with E-state index in [2.05, 4.69) is 37.5 Å². The van der Waals surface area contributed by atoms with Crippen molar-refractivity contribution in [3.05, 3.63) is 35.3 Å². The molecule has 4 rings (SSSR count). The normalized spacial score (nSPS) is 20.4. The molecule has 1 aliphatic carbocycles. The van der Waals surface area contributed by atoms with Gasteiger partial charge in [-0.05, 0) is 0 Å². The van der Waals surface area contributed by atoms with Gasteiger partial charge in [0.25, 0.3) is 11.8 Å². The van der Waals surface area contributed by atoms with Crippen molar-refractivity contribution >= 4 is 50.3 Å². The average Bonchev–Trinajstić information content (AvgIpc) is 3.29. The molecule has 2 aromatic rings. The molecular formula is C18H23N11O7S2. The summed E-state index contributed by atoms with van der Waals surface area (Å²) >= 11 is 1.01. The second kappa shape index (κ2) is 9.87. The number of oxime groups is 1. The molecule has 1 saturated heterocycles. The fourth-order valence-corrected chi connectivity index (χ4v) is 4.90. The maximum Gasteiger partial charge on any atom is 0.362 e. The van der Waals surface area contributed by atoms with Crippen molar-refractivity contribution in [2.45, 2.75) is 43.6 Å². The lowest BCUT2D eigenvalue weighted by Crippen LogP contribution is -2.73. The van der Waals surface area contributed by atoms with E-state index in [9.17, 15) is 27.7 Å². The van der Waals surface area contributed by atoms with Crippen molar-refractivity contribution in [2.24, 2.45) is 10.9 Å². The number of nitrogens with one attached hydrogen (secondary N) is 3. The zero-order valence-electron chi connectivity index (χ0n) is 19.4. The number of thiazole rings is 1. The number of anilines is 1. The minimum atomic E-state index is -4.98. The molecule has 2 aliphatic rings. The molecule has 9 N–H and O–H groups in total. The molecule has 2 atom stereocenters. The Balaban J connectivity index is 1.55. The molecule has 3 heterocycles. The number of guanidine groups is 1. The Morgan fingerprint density at radius 2 is 2.16 bits per heavy atom. The molecule has 0 aromatic carbocycles. The van der Waals surface area contributed by atoms with Crippen LogP contribution in [0.2, 0.25) is 0 Å². The van der Waals surface area contributed by atoms with Crippen LogP contribution in [0.1, 0.15) is 24.2 Å². The van der Waals surface area contributed by atoms with Crippen LogP contribution in [0.3, 0.4) is 0 Å². The number of carbonyl (C=O) groups is 2. The standard InChI is InChI=1S/C18H23N11O7S2/c1-8(30)18(2-3-18)36-27-12(10-7-37-17(21)24-10)14(31)25-13-11(29(15(13)32)38(33,34)35)6-28-23-5-9(26-28)4-22-16(19)20/h5,7,11,13,30H,1-4,6H2,(H2,21,24)(H,25,31)(H4,19,20,22)(H,33,34,35)/b27-12-. The van der Waals surface area contributed by atoms with Gasteiger partial charge >= 0.3 is 10.3 Å². The Labute approximate surface area is 218 Å². The van der Waals surface area contributed by atoms with Gasteiger partial charge in [-0.25, -0.2) is 9.29 Å². The number of aromatic nitrogens is 4. The van der Waals surface area contributed by atoms with Gasteiger partial charge in [-0.15, -0.1) is 11.3 Å². The van der Waals surface area contributed by atoms with Gasteiger partial charge in [-0.2, -0.15) is 23.4 Å². The molecule has 2 fully saturated rings. The molecule has 1 saturated carbocycles. The summed E-state index contributed by atoms with van der Waals surface area (Å²) in [7, 11) is -4.98. The first kappa shape index (κ1) is 26.8. The number of aliphatic hydroxyl groups excluding tert-OH is 1. The molecule has 2 aromatic heterocycles. The lowest BCUT2D eigenvalue weighted by atomic mass is 9.98. The highest BCUT2D eigenvalue weighted by molar-refractivity contribution is 7.84. The van der Waals surface area contributed by atoms with Crippen LogP contribution >= 0.6 is 11.3 Å². The average molecular weight is 570 g/mol. The van der Waals surface area contributed by atoms with Crippen LogP contribution in [-0.2, 0) is 37.8 Å². The molecule has 2 unspecified atom stereocenters. The summed E-state index contributed by atoms with van der Waals surface area (Å²) in [5.74, 6) is -2.66. The summed E-state index contributed by atoms with van der Waals surface area (Å²) in [5, 5.41) is 35.2. The van der Waals surface area contributed by atoms with E-state index in [1.165, 1.54) is 11.6 Å². The van der Waals surface area contributed by atoms with Crippen LogP contribution in [-0.4, -0.2) is 83.5 Å². The van der Waals surface area contributed by atoms with E-state index in [1.807, 2.05) is 0 Å². The van der Waals surface area contributed by atoms with E-state index in [1.54, 1.807) is 0 Å². The van der Waals surface area contributed by atoms with Gasteiger partial charge in [-0.3, -0.25) is 19.6 Å². The lowest BCUT2D eigenvalue weighted by Gasteiger charge is -2.43. The molecule has 0 radical (unpaired) electrons. The first-order valence-corrected chi connectivity index (χ1v) is 13.0. The predicted molar refractivity (Wildman–Crippen MR) is 131 cm³/mol. The number of hydrogen-bond acceptors (Lipinski definition) is 13. The van der Waals surface area contributed by atoms with Crippen molar-refractivity contribution in [2.75, 3.05) is 5.73 Å². The largest absolute Gasteiger partial charge is 0.509 e. The van der Waals surface area contributed by atoms with E-state index in [0.717, 1.165) is 16.1 Å². The zero-order valence-corrected chi connectivity index (χ0v) is 21.1. The van der Waals surface area contributed by atoms with Gasteiger partial charge in [0.1, 0.15) is 29.2 Å². The lowest BCUT2D eigenvalue weighted by molar-refractivity contribution is -0.145. The predicted octanol–water partition coefficient (Wildman–Crippen LogP) is -2.18. The second-order valence-corrected chi connectivity index (χ2v) is 10.5. The molecular weight excluding hydrogens is 546 g/mol. The molecule has 1 aliphatic heterocycles. The van der Waals surface area contributed by atoms with Gasteiger partial charge in [0, 0.05) is 18.2 Å². The zero-order chi connectivity index (χ0) is 27.8. The summed E-state index contributed by atoms with van der Waals surface area (Å²) in [4.78, 5) is 36.2. The van der Waals surface area contributed by atoms with Crippen LogP contribution in [0.5, 0.6) is 0 Å². The number of β-lactam (4-membered cyclic amide) rings is 1. The summed E-state index contributed by atoms with van der Waals surface area (Å²) in [6, 6.07) is -2.74. The number of nitrogens with zero attached hydrogens (tertiary/aromatic N) is 6. The Morgan fingerprint density at radius 1 is 1.45 bits per heavy atom. The highest BCUT2D eigenvalue weighted by atomic mass is 32.2. The highest BCUT2D eigenvalue weighted by Gasteiger charge is 2.55. The van der Waals surface area contributed by atoms with Crippen LogP contribution in [0.15, 0.2) is 29.1 Å². The Hall–Kier alpha value is -4.30. The van der Waals surface area contributed by atoms with Gasteiger partial charge in [-0.1, -0.05) is 11.7 Å². The molecule has 20 heteroatoms. The van der Waals surface area contributed by atoms with Crippen molar-refractivity contribution < 1.29 is 32.5 Å². The monoisotopic (exact) mass is 569 g/mol. The fraction of sp³-hybridized carbons (Fsp3) is 0.389. The second-order valence-electron chi connectivity index (χ2n) is 8.33. The third-order valence-corrected chi connectivity index (χ3v) is 7.24. The third kappa shape index (κ3) is 5.50. The first-order valence-electron chi connectivity index (χ1n) is 10.7. The maximum absolute atomic E-state index is 13.2. The molecule has 204 valence electrons. The highest BCUT2D eigenvalue weighted by Crippen LogP contribution is 2.44. The SMILES string of the molecule is C=C(O)C1(O/N=C(\C(=O)NC2C(=O)N(S(=O)(=O)O)C2Cn2ncc(CNC(=N)N)n2)c2csc(N)n2)CC1. The molecule has 0 bridgehead atoms. The van der Waals surface area contributed by atoms with Crippen molar-refractivity contribution in [1.29, 1.82) is 5.41 Å². The summed E-state index contributed by atoms with van der Waals surface area (Å²) in [6.07, 6.45) is 2.14. The van der Waals surface area contributed by atoms with Gasteiger partial charge in [0.2, 0.25) is 0 Å². The summed E-state index contributed by atoms with van der Waals surface area (Å²) in [6.45, 7) is 3.15. The number of rotatable bonds is 11. The minimum Gasteiger partial charge on any atom is -0.509 e. The van der Waals surface area contributed by atoms with E-state index < -0.39 is 45.5 Å². The van der Waals surface area contributed by atoms with E-state index in [0.29, 0.717) is 18.5 Å². The first-order chi connectivity index (χ1) is 17.8.